The standard InChI is InChI=1S/C14H17FN2O4/c15-11-4-2-1-3-10(11)5-6-16-14(20)17-7-8-21-9-12(17)13(18)19/h1-4,12H,5-9H2,(H,16,20)(H,18,19). The van der Waals surface area contributed by atoms with E-state index in [9.17, 15) is 14.0 Å². The van der Waals surface area contributed by atoms with Crippen LogP contribution < -0.4 is 5.32 Å². The van der Waals surface area contributed by atoms with Gasteiger partial charge < -0.3 is 20.1 Å². The van der Waals surface area contributed by atoms with E-state index in [-0.39, 0.29) is 25.5 Å². The summed E-state index contributed by atoms with van der Waals surface area (Å²) in [5.74, 6) is -1.42. The van der Waals surface area contributed by atoms with Gasteiger partial charge in [0.1, 0.15) is 5.82 Å². The number of rotatable bonds is 4. The van der Waals surface area contributed by atoms with Crippen LogP contribution in [0.1, 0.15) is 5.56 Å². The molecule has 7 heteroatoms. The van der Waals surface area contributed by atoms with Gasteiger partial charge in [0.25, 0.3) is 0 Å². The number of carboxylic acids is 1. The van der Waals surface area contributed by atoms with E-state index in [0.29, 0.717) is 18.6 Å². The zero-order valence-corrected chi connectivity index (χ0v) is 11.4. The number of nitrogens with one attached hydrogen (secondary N) is 1. The number of benzene rings is 1. The van der Waals surface area contributed by atoms with Crippen LogP contribution in [-0.2, 0) is 16.0 Å². The minimum absolute atomic E-state index is 0.0178. The molecule has 2 amide bonds. The first-order chi connectivity index (χ1) is 10.1. The van der Waals surface area contributed by atoms with Crippen molar-refractivity contribution in [3.05, 3.63) is 35.6 Å². The van der Waals surface area contributed by atoms with Crippen LogP contribution in [0, 0.1) is 5.82 Å². The predicted octanol–water partition coefficient (Wildman–Crippen LogP) is 0.863. The lowest BCUT2D eigenvalue weighted by molar-refractivity contribution is -0.147. The van der Waals surface area contributed by atoms with E-state index in [0.717, 1.165) is 0 Å². The van der Waals surface area contributed by atoms with E-state index in [2.05, 4.69) is 5.32 Å². The molecule has 114 valence electrons. The summed E-state index contributed by atoms with van der Waals surface area (Å²) in [5, 5.41) is 11.7. The maximum Gasteiger partial charge on any atom is 0.328 e. The predicted molar refractivity (Wildman–Crippen MR) is 72.5 cm³/mol. The van der Waals surface area contributed by atoms with E-state index >= 15 is 0 Å². The molecule has 2 N–H and O–H groups in total. The van der Waals surface area contributed by atoms with Crippen molar-refractivity contribution >= 4 is 12.0 Å². The van der Waals surface area contributed by atoms with Gasteiger partial charge in [-0.05, 0) is 18.1 Å². The molecule has 1 fully saturated rings. The highest BCUT2D eigenvalue weighted by Crippen LogP contribution is 2.09. The Bertz CT molecular complexity index is 523. The second kappa shape index (κ2) is 7.03. The van der Waals surface area contributed by atoms with Crippen LogP contribution in [0.15, 0.2) is 24.3 Å². The molecule has 1 saturated heterocycles. The zero-order valence-electron chi connectivity index (χ0n) is 11.4. The Morgan fingerprint density at radius 1 is 1.43 bits per heavy atom. The number of amides is 2. The molecule has 1 aliphatic heterocycles. The van der Waals surface area contributed by atoms with Gasteiger partial charge in [0.2, 0.25) is 0 Å². The highest BCUT2D eigenvalue weighted by Gasteiger charge is 2.32. The summed E-state index contributed by atoms with van der Waals surface area (Å²) in [6, 6.07) is 4.88. The monoisotopic (exact) mass is 296 g/mol. The van der Waals surface area contributed by atoms with Gasteiger partial charge in [-0.15, -0.1) is 0 Å². The van der Waals surface area contributed by atoms with Crippen molar-refractivity contribution in [1.82, 2.24) is 10.2 Å². The second-order valence-electron chi connectivity index (χ2n) is 4.70. The number of ether oxygens (including phenoxy) is 1. The molecule has 0 aromatic heterocycles. The maximum atomic E-state index is 13.4. The van der Waals surface area contributed by atoms with Gasteiger partial charge in [-0.1, -0.05) is 18.2 Å². The SMILES string of the molecule is O=C(O)C1COCCN1C(=O)NCCc1ccccc1F. The summed E-state index contributed by atoms with van der Waals surface area (Å²) in [7, 11) is 0. The van der Waals surface area contributed by atoms with Crippen LogP contribution >= 0.6 is 0 Å². The van der Waals surface area contributed by atoms with Gasteiger partial charge >= 0.3 is 12.0 Å². The molecule has 6 nitrogen and oxygen atoms in total. The number of carbonyl (C=O) groups is 2. The van der Waals surface area contributed by atoms with Gasteiger partial charge in [-0.25, -0.2) is 14.0 Å². The topological polar surface area (TPSA) is 78.9 Å². The molecule has 1 atom stereocenters. The molecular formula is C14H17FN2O4. The summed E-state index contributed by atoms with van der Waals surface area (Å²) in [6.45, 7) is 0.756. The molecule has 1 aromatic carbocycles. The molecule has 0 spiro atoms. The average molecular weight is 296 g/mol. The van der Waals surface area contributed by atoms with E-state index < -0.39 is 18.0 Å². The Morgan fingerprint density at radius 3 is 2.90 bits per heavy atom. The number of carboxylic acid groups (broad SMARTS) is 1. The molecule has 21 heavy (non-hydrogen) atoms. The summed E-state index contributed by atoms with van der Waals surface area (Å²) in [5.41, 5.74) is 0.509. The molecule has 0 saturated carbocycles. The van der Waals surface area contributed by atoms with Crippen LogP contribution in [0.2, 0.25) is 0 Å². The first-order valence-corrected chi connectivity index (χ1v) is 6.68. The lowest BCUT2D eigenvalue weighted by Gasteiger charge is -2.32. The van der Waals surface area contributed by atoms with E-state index in [1.807, 2.05) is 0 Å². The highest BCUT2D eigenvalue weighted by atomic mass is 19.1. The highest BCUT2D eigenvalue weighted by molar-refractivity contribution is 5.83. The molecular weight excluding hydrogens is 279 g/mol. The molecule has 1 aromatic rings. The Labute approximate surface area is 121 Å². The van der Waals surface area contributed by atoms with Gasteiger partial charge in [0.15, 0.2) is 6.04 Å². The first kappa shape index (κ1) is 15.2. The Balaban J connectivity index is 1.86. The minimum Gasteiger partial charge on any atom is -0.480 e. The summed E-state index contributed by atoms with van der Waals surface area (Å²) >= 11 is 0. The van der Waals surface area contributed by atoms with Crippen LogP contribution in [0.5, 0.6) is 0 Å². The number of hydrogen-bond acceptors (Lipinski definition) is 3. The number of urea groups is 1. The van der Waals surface area contributed by atoms with E-state index in [1.54, 1.807) is 18.2 Å². The molecule has 1 aliphatic rings. The van der Waals surface area contributed by atoms with Crippen LogP contribution in [0.25, 0.3) is 0 Å². The van der Waals surface area contributed by atoms with Crippen molar-refractivity contribution < 1.29 is 23.8 Å². The minimum atomic E-state index is -1.10. The third-order valence-electron chi connectivity index (χ3n) is 3.30. The summed E-state index contributed by atoms with van der Waals surface area (Å²) < 4.78 is 18.5. The molecule has 0 aliphatic carbocycles. The fraction of sp³-hybridized carbons (Fsp3) is 0.429. The Morgan fingerprint density at radius 2 is 2.19 bits per heavy atom. The summed E-state index contributed by atoms with van der Waals surface area (Å²) in [4.78, 5) is 24.3. The normalized spacial score (nSPS) is 18.3. The lowest BCUT2D eigenvalue weighted by Crippen LogP contribution is -2.55. The van der Waals surface area contributed by atoms with E-state index in [1.165, 1.54) is 11.0 Å². The number of nitrogens with zero attached hydrogens (tertiary/aromatic N) is 1. The smallest absolute Gasteiger partial charge is 0.328 e. The van der Waals surface area contributed by atoms with Crippen molar-refractivity contribution in [2.24, 2.45) is 0 Å². The second-order valence-corrected chi connectivity index (χ2v) is 4.70. The van der Waals surface area contributed by atoms with Gasteiger partial charge in [0, 0.05) is 13.1 Å². The average Bonchev–Trinajstić information content (AvgIpc) is 2.49. The van der Waals surface area contributed by atoms with Gasteiger partial charge in [-0.3, -0.25) is 0 Å². The number of morpholine rings is 1. The van der Waals surface area contributed by atoms with Crippen molar-refractivity contribution in [3.63, 3.8) is 0 Å². The largest absolute Gasteiger partial charge is 0.480 e. The van der Waals surface area contributed by atoms with Crippen LogP contribution in [-0.4, -0.2) is 54.4 Å². The van der Waals surface area contributed by atoms with Gasteiger partial charge in [-0.2, -0.15) is 0 Å². The molecule has 1 unspecified atom stereocenters. The van der Waals surface area contributed by atoms with E-state index in [4.69, 9.17) is 9.84 Å². The molecule has 1 heterocycles. The number of halogens is 1. The third kappa shape index (κ3) is 3.91. The Kier molecular flexibility index (Phi) is 5.10. The number of hydrogen-bond donors (Lipinski definition) is 2. The van der Waals surface area contributed by atoms with Crippen molar-refractivity contribution in [1.29, 1.82) is 0 Å². The fourth-order valence-corrected chi connectivity index (χ4v) is 2.16. The third-order valence-corrected chi connectivity index (χ3v) is 3.30. The van der Waals surface area contributed by atoms with Crippen molar-refractivity contribution in [3.8, 4) is 0 Å². The number of aliphatic carboxylic acids is 1. The van der Waals surface area contributed by atoms with Crippen LogP contribution in [0.4, 0.5) is 9.18 Å². The molecule has 2 rings (SSSR count). The van der Waals surface area contributed by atoms with Crippen molar-refractivity contribution in [2.45, 2.75) is 12.5 Å². The summed E-state index contributed by atoms with van der Waals surface area (Å²) in [6.07, 6.45) is 0.348. The van der Waals surface area contributed by atoms with Crippen LogP contribution in [0.3, 0.4) is 0 Å². The zero-order chi connectivity index (χ0) is 15.2. The van der Waals surface area contributed by atoms with Crippen molar-refractivity contribution in [2.75, 3.05) is 26.3 Å². The Hall–Kier alpha value is -2.15. The number of carbonyl (C=O) groups excluding carboxylic acids is 1. The maximum absolute atomic E-state index is 13.4. The quantitative estimate of drug-likeness (QED) is 0.864. The first-order valence-electron chi connectivity index (χ1n) is 6.68. The molecule has 0 radical (unpaired) electrons. The van der Waals surface area contributed by atoms with Gasteiger partial charge in [0.05, 0.1) is 13.2 Å². The molecule has 0 bridgehead atoms. The fourth-order valence-electron chi connectivity index (χ4n) is 2.16. The lowest BCUT2D eigenvalue weighted by atomic mass is 10.1.